The van der Waals surface area contributed by atoms with Crippen LogP contribution in [0.2, 0.25) is 0 Å². The average Bonchev–Trinajstić information content (AvgIpc) is 2.59. The van der Waals surface area contributed by atoms with Gasteiger partial charge in [-0.15, -0.1) is 0 Å². The van der Waals surface area contributed by atoms with Gasteiger partial charge in [0.25, 0.3) is 0 Å². The number of fused-ring (bicyclic) bond motifs is 1. The van der Waals surface area contributed by atoms with Crippen molar-refractivity contribution in [3.63, 3.8) is 0 Å². The largest absolute Gasteiger partial charge is 0.347 e. The van der Waals surface area contributed by atoms with Gasteiger partial charge in [-0.25, -0.2) is 0 Å². The zero-order chi connectivity index (χ0) is 10.8. The summed E-state index contributed by atoms with van der Waals surface area (Å²) in [5.41, 5.74) is 8.24. The van der Waals surface area contributed by atoms with Gasteiger partial charge >= 0.3 is 0 Å². The van der Waals surface area contributed by atoms with E-state index in [9.17, 15) is 0 Å². The van der Waals surface area contributed by atoms with Crippen molar-refractivity contribution in [1.82, 2.24) is 4.57 Å². The molecule has 0 bridgehead atoms. The standard InChI is InChI=1S/C12H15BrN2/c1-2-15-8-9(6-7-14)10-4-3-5-11(13)12(10)15/h3-5,8H,2,6-7,14H2,1H3. The number of hydrogen-bond donors (Lipinski definition) is 1. The van der Waals surface area contributed by atoms with Crippen molar-refractivity contribution in [2.24, 2.45) is 5.73 Å². The van der Waals surface area contributed by atoms with Crippen LogP contribution in [-0.4, -0.2) is 11.1 Å². The maximum Gasteiger partial charge on any atom is 0.0627 e. The fourth-order valence-electron chi connectivity index (χ4n) is 1.99. The molecule has 0 radical (unpaired) electrons. The van der Waals surface area contributed by atoms with Crippen molar-refractivity contribution in [1.29, 1.82) is 0 Å². The molecule has 0 atom stereocenters. The van der Waals surface area contributed by atoms with Crippen LogP contribution in [0.5, 0.6) is 0 Å². The normalized spacial score (nSPS) is 11.1. The molecular formula is C12H15BrN2. The summed E-state index contributed by atoms with van der Waals surface area (Å²) in [6.07, 6.45) is 3.16. The van der Waals surface area contributed by atoms with E-state index in [4.69, 9.17) is 5.73 Å². The molecule has 1 aromatic carbocycles. The molecule has 0 spiro atoms. The van der Waals surface area contributed by atoms with Crippen LogP contribution in [0.1, 0.15) is 12.5 Å². The molecule has 80 valence electrons. The highest BCUT2D eigenvalue weighted by Crippen LogP contribution is 2.28. The van der Waals surface area contributed by atoms with Gasteiger partial charge in [-0.1, -0.05) is 12.1 Å². The van der Waals surface area contributed by atoms with Crippen LogP contribution in [-0.2, 0) is 13.0 Å². The lowest BCUT2D eigenvalue weighted by atomic mass is 10.1. The van der Waals surface area contributed by atoms with E-state index in [1.54, 1.807) is 0 Å². The number of nitrogens with zero attached hydrogens (tertiary/aromatic N) is 1. The van der Waals surface area contributed by atoms with Gasteiger partial charge in [0, 0.05) is 22.6 Å². The highest BCUT2D eigenvalue weighted by molar-refractivity contribution is 9.10. The Morgan fingerprint density at radius 2 is 2.20 bits per heavy atom. The Hall–Kier alpha value is -0.800. The van der Waals surface area contributed by atoms with Crippen LogP contribution in [0.3, 0.4) is 0 Å². The molecule has 2 rings (SSSR count). The first-order valence-electron chi connectivity index (χ1n) is 5.24. The fraction of sp³-hybridized carbons (Fsp3) is 0.333. The topological polar surface area (TPSA) is 30.9 Å². The SMILES string of the molecule is CCn1cc(CCN)c2cccc(Br)c21. The number of benzene rings is 1. The Morgan fingerprint density at radius 3 is 2.87 bits per heavy atom. The summed E-state index contributed by atoms with van der Waals surface area (Å²) < 4.78 is 3.43. The Kier molecular flexibility index (Phi) is 3.12. The Bertz CT molecular complexity index is 474. The Balaban J connectivity index is 2.69. The van der Waals surface area contributed by atoms with Gasteiger partial charge in [-0.3, -0.25) is 0 Å². The molecule has 0 unspecified atom stereocenters. The molecule has 2 N–H and O–H groups in total. The summed E-state index contributed by atoms with van der Waals surface area (Å²) in [4.78, 5) is 0. The van der Waals surface area contributed by atoms with E-state index in [0.29, 0.717) is 6.54 Å². The predicted octanol–water partition coefficient (Wildman–Crippen LogP) is 2.92. The van der Waals surface area contributed by atoms with Crippen LogP contribution in [0.25, 0.3) is 10.9 Å². The van der Waals surface area contributed by atoms with Crippen molar-refractivity contribution in [3.8, 4) is 0 Å². The zero-order valence-corrected chi connectivity index (χ0v) is 10.4. The van der Waals surface area contributed by atoms with E-state index in [0.717, 1.165) is 17.4 Å². The minimum absolute atomic E-state index is 0.704. The van der Waals surface area contributed by atoms with Crippen molar-refractivity contribution in [2.75, 3.05) is 6.54 Å². The van der Waals surface area contributed by atoms with Gasteiger partial charge in [0.15, 0.2) is 0 Å². The molecule has 0 fully saturated rings. The first-order chi connectivity index (χ1) is 7.27. The number of nitrogens with two attached hydrogens (primary N) is 1. The molecule has 1 aromatic heterocycles. The molecule has 15 heavy (non-hydrogen) atoms. The summed E-state index contributed by atoms with van der Waals surface area (Å²) in [5.74, 6) is 0. The highest BCUT2D eigenvalue weighted by Gasteiger charge is 2.08. The Morgan fingerprint density at radius 1 is 1.40 bits per heavy atom. The van der Waals surface area contributed by atoms with Gasteiger partial charge in [0.05, 0.1) is 5.52 Å². The molecule has 0 aliphatic carbocycles. The number of aryl methyl sites for hydroxylation is 1. The van der Waals surface area contributed by atoms with Gasteiger partial charge in [-0.2, -0.15) is 0 Å². The third kappa shape index (κ3) is 1.82. The third-order valence-electron chi connectivity index (χ3n) is 2.69. The number of para-hydroxylation sites is 1. The Labute approximate surface area is 98.2 Å². The first-order valence-corrected chi connectivity index (χ1v) is 6.03. The molecule has 0 amide bonds. The summed E-state index contributed by atoms with van der Waals surface area (Å²) in [5, 5.41) is 1.32. The molecular weight excluding hydrogens is 252 g/mol. The molecule has 0 aliphatic heterocycles. The molecule has 0 saturated heterocycles. The van der Waals surface area contributed by atoms with E-state index in [-0.39, 0.29) is 0 Å². The highest BCUT2D eigenvalue weighted by atomic mass is 79.9. The minimum Gasteiger partial charge on any atom is -0.347 e. The minimum atomic E-state index is 0.704. The molecule has 0 aliphatic rings. The summed E-state index contributed by atoms with van der Waals surface area (Å²) in [6, 6.07) is 6.32. The quantitative estimate of drug-likeness (QED) is 0.910. The molecule has 3 heteroatoms. The summed E-state index contributed by atoms with van der Waals surface area (Å²) >= 11 is 3.60. The number of aromatic nitrogens is 1. The number of hydrogen-bond acceptors (Lipinski definition) is 1. The lowest BCUT2D eigenvalue weighted by Gasteiger charge is -2.01. The van der Waals surface area contributed by atoms with E-state index >= 15 is 0 Å². The van der Waals surface area contributed by atoms with Crippen LogP contribution in [0.15, 0.2) is 28.9 Å². The number of rotatable bonds is 3. The zero-order valence-electron chi connectivity index (χ0n) is 8.83. The van der Waals surface area contributed by atoms with E-state index in [2.05, 4.69) is 51.8 Å². The molecule has 2 aromatic rings. The number of halogens is 1. The van der Waals surface area contributed by atoms with Crippen molar-refractivity contribution < 1.29 is 0 Å². The third-order valence-corrected chi connectivity index (χ3v) is 3.33. The molecule has 1 heterocycles. The fourth-order valence-corrected chi connectivity index (χ4v) is 2.59. The van der Waals surface area contributed by atoms with E-state index in [1.807, 2.05) is 0 Å². The summed E-state index contributed by atoms with van der Waals surface area (Å²) in [7, 11) is 0. The maximum absolute atomic E-state index is 5.62. The molecule has 2 nitrogen and oxygen atoms in total. The second kappa shape index (κ2) is 4.37. The first kappa shape index (κ1) is 10.7. The van der Waals surface area contributed by atoms with Gasteiger partial charge in [-0.05, 0) is 47.4 Å². The van der Waals surface area contributed by atoms with Gasteiger partial charge in [0.1, 0.15) is 0 Å². The van der Waals surface area contributed by atoms with Crippen LogP contribution in [0.4, 0.5) is 0 Å². The monoisotopic (exact) mass is 266 g/mol. The van der Waals surface area contributed by atoms with Crippen LogP contribution < -0.4 is 5.73 Å². The van der Waals surface area contributed by atoms with E-state index < -0.39 is 0 Å². The average molecular weight is 267 g/mol. The maximum atomic E-state index is 5.62. The van der Waals surface area contributed by atoms with Crippen molar-refractivity contribution in [2.45, 2.75) is 19.9 Å². The lowest BCUT2D eigenvalue weighted by Crippen LogP contribution is -2.02. The van der Waals surface area contributed by atoms with Crippen molar-refractivity contribution in [3.05, 3.63) is 34.4 Å². The smallest absolute Gasteiger partial charge is 0.0627 e. The van der Waals surface area contributed by atoms with Gasteiger partial charge < -0.3 is 10.3 Å². The van der Waals surface area contributed by atoms with Crippen LogP contribution in [0, 0.1) is 0 Å². The lowest BCUT2D eigenvalue weighted by molar-refractivity contribution is 0.789. The van der Waals surface area contributed by atoms with Gasteiger partial charge in [0.2, 0.25) is 0 Å². The predicted molar refractivity (Wildman–Crippen MR) is 68.1 cm³/mol. The van der Waals surface area contributed by atoms with E-state index in [1.165, 1.54) is 16.5 Å². The second-order valence-electron chi connectivity index (χ2n) is 3.62. The molecule has 0 saturated carbocycles. The second-order valence-corrected chi connectivity index (χ2v) is 4.47. The summed E-state index contributed by atoms with van der Waals surface area (Å²) in [6.45, 7) is 3.85. The van der Waals surface area contributed by atoms with Crippen LogP contribution >= 0.6 is 15.9 Å². The van der Waals surface area contributed by atoms with Crippen molar-refractivity contribution >= 4 is 26.8 Å².